The number of halogens is 1. The molecule has 0 spiro atoms. The molecule has 1 aliphatic rings. The fourth-order valence-corrected chi connectivity index (χ4v) is 4.42. The van der Waals surface area contributed by atoms with Crippen molar-refractivity contribution in [3.8, 4) is 0 Å². The Kier molecular flexibility index (Phi) is 6.12. The van der Waals surface area contributed by atoms with E-state index in [0.29, 0.717) is 36.9 Å². The van der Waals surface area contributed by atoms with Gasteiger partial charge in [-0.1, -0.05) is 41.9 Å². The molecule has 0 bridgehead atoms. The molecule has 3 rings (SSSR count). The molecule has 0 radical (unpaired) electrons. The van der Waals surface area contributed by atoms with Gasteiger partial charge in [0.25, 0.3) is 0 Å². The van der Waals surface area contributed by atoms with Gasteiger partial charge in [0.05, 0.1) is 9.75 Å². The molecule has 0 aliphatic carbocycles. The van der Waals surface area contributed by atoms with Gasteiger partial charge in [0.2, 0.25) is 5.91 Å². The van der Waals surface area contributed by atoms with Crippen LogP contribution >= 0.6 is 22.9 Å². The topological polar surface area (TPSA) is 47.6 Å². The molecule has 2 aromatic rings. The second kappa shape index (κ2) is 8.32. The molecule has 134 valence electrons. The fourth-order valence-electron chi connectivity index (χ4n) is 3.28. The lowest BCUT2D eigenvalue weighted by Gasteiger charge is -2.36. The van der Waals surface area contributed by atoms with Crippen molar-refractivity contribution in [3.63, 3.8) is 0 Å². The molecule has 1 saturated heterocycles. The molecule has 25 heavy (non-hydrogen) atoms. The zero-order valence-corrected chi connectivity index (χ0v) is 15.7. The minimum Gasteiger partial charge on any atom is -0.381 e. The number of ether oxygens (including phenoxy) is 2. The minimum absolute atomic E-state index is 0.0340. The summed E-state index contributed by atoms with van der Waals surface area (Å²) < 4.78 is 11.8. The third kappa shape index (κ3) is 4.06. The molecule has 1 fully saturated rings. The van der Waals surface area contributed by atoms with Crippen LogP contribution in [0.15, 0.2) is 42.5 Å². The summed E-state index contributed by atoms with van der Waals surface area (Å²) in [5.74, 6) is 0.0340. The number of thiophene rings is 1. The number of rotatable bonds is 6. The fraction of sp³-hybridized carbons (Fsp3) is 0.421. The van der Waals surface area contributed by atoms with E-state index >= 15 is 0 Å². The Labute approximate surface area is 157 Å². The summed E-state index contributed by atoms with van der Waals surface area (Å²) in [5, 5.41) is 3.09. The lowest BCUT2D eigenvalue weighted by Crippen LogP contribution is -2.49. The quantitative estimate of drug-likeness (QED) is 0.826. The molecule has 2 heterocycles. The number of hydrogen-bond donors (Lipinski definition) is 1. The second-order valence-corrected chi connectivity index (χ2v) is 7.88. The molecule has 6 heteroatoms. The van der Waals surface area contributed by atoms with Crippen molar-refractivity contribution in [2.24, 2.45) is 0 Å². The maximum Gasteiger partial charge on any atom is 0.230 e. The van der Waals surface area contributed by atoms with Crippen LogP contribution in [-0.2, 0) is 19.7 Å². The van der Waals surface area contributed by atoms with E-state index in [4.69, 9.17) is 21.1 Å². The first-order valence-corrected chi connectivity index (χ1v) is 9.55. The van der Waals surface area contributed by atoms with Gasteiger partial charge in [-0.15, -0.1) is 11.3 Å². The average molecular weight is 380 g/mol. The summed E-state index contributed by atoms with van der Waals surface area (Å²) in [6, 6.07) is 13.8. The number of methoxy groups -OCH3 is 1. The molecule has 1 amide bonds. The van der Waals surface area contributed by atoms with Gasteiger partial charge in [-0.3, -0.25) is 4.79 Å². The number of benzene rings is 1. The summed E-state index contributed by atoms with van der Waals surface area (Å²) in [5.41, 5.74) is 0.509. The Balaban J connectivity index is 1.74. The number of nitrogens with one attached hydrogen (secondary N) is 1. The lowest BCUT2D eigenvalue weighted by atomic mass is 9.73. The first-order valence-electron chi connectivity index (χ1n) is 8.35. The van der Waals surface area contributed by atoms with E-state index in [2.05, 4.69) is 5.32 Å². The molecule has 1 unspecified atom stereocenters. The normalized spacial score (nSPS) is 17.8. The van der Waals surface area contributed by atoms with Crippen LogP contribution in [0.3, 0.4) is 0 Å². The van der Waals surface area contributed by atoms with Crippen molar-refractivity contribution < 1.29 is 14.3 Å². The van der Waals surface area contributed by atoms with Gasteiger partial charge in [-0.2, -0.15) is 0 Å². The molecule has 4 nitrogen and oxygen atoms in total. The lowest BCUT2D eigenvalue weighted by molar-refractivity contribution is -0.131. The highest BCUT2D eigenvalue weighted by atomic mass is 35.5. The highest BCUT2D eigenvalue weighted by Crippen LogP contribution is 2.35. The van der Waals surface area contributed by atoms with E-state index in [1.54, 1.807) is 7.11 Å². The maximum atomic E-state index is 13.1. The highest BCUT2D eigenvalue weighted by Gasteiger charge is 2.41. The Morgan fingerprint density at radius 3 is 2.60 bits per heavy atom. The van der Waals surface area contributed by atoms with Crippen molar-refractivity contribution in [2.45, 2.75) is 24.4 Å². The SMILES string of the molecule is COC(CNC(=O)C1(c2ccccc2)CCOCC1)c1ccc(Cl)s1. The summed E-state index contributed by atoms with van der Waals surface area (Å²) in [4.78, 5) is 14.1. The van der Waals surface area contributed by atoms with Crippen LogP contribution in [0.1, 0.15) is 29.4 Å². The molecule has 0 saturated carbocycles. The van der Waals surface area contributed by atoms with E-state index in [9.17, 15) is 4.79 Å². The van der Waals surface area contributed by atoms with E-state index in [1.165, 1.54) is 11.3 Å². The molecule has 1 atom stereocenters. The van der Waals surface area contributed by atoms with Gasteiger partial charge in [0.1, 0.15) is 6.10 Å². The van der Waals surface area contributed by atoms with Crippen LogP contribution in [0.5, 0.6) is 0 Å². The van der Waals surface area contributed by atoms with Gasteiger partial charge >= 0.3 is 0 Å². The summed E-state index contributed by atoms with van der Waals surface area (Å²) in [7, 11) is 1.64. The third-order valence-electron chi connectivity index (χ3n) is 4.75. The first-order chi connectivity index (χ1) is 12.2. The van der Waals surface area contributed by atoms with Crippen molar-refractivity contribution in [1.82, 2.24) is 5.32 Å². The molecule has 1 aromatic carbocycles. The smallest absolute Gasteiger partial charge is 0.230 e. The number of amides is 1. The van der Waals surface area contributed by atoms with Crippen molar-refractivity contribution in [3.05, 3.63) is 57.2 Å². The van der Waals surface area contributed by atoms with Crippen LogP contribution < -0.4 is 5.32 Å². The number of hydrogen-bond acceptors (Lipinski definition) is 4. The van der Waals surface area contributed by atoms with E-state index in [-0.39, 0.29) is 12.0 Å². The Morgan fingerprint density at radius 2 is 2.00 bits per heavy atom. The van der Waals surface area contributed by atoms with Gasteiger partial charge in [-0.05, 0) is 30.5 Å². The summed E-state index contributed by atoms with van der Waals surface area (Å²) in [6.45, 7) is 1.61. The molecule has 1 aliphatic heterocycles. The van der Waals surface area contributed by atoms with Crippen LogP contribution in [0.4, 0.5) is 0 Å². The van der Waals surface area contributed by atoms with E-state index in [0.717, 1.165) is 10.4 Å². The van der Waals surface area contributed by atoms with Gasteiger partial charge in [0.15, 0.2) is 0 Å². The van der Waals surface area contributed by atoms with Crippen molar-refractivity contribution in [2.75, 3.05) is 26.9 Å². The molecule has 1 aromatic heterocycles. The van der Waals surface area contributed by atoms with Crippen LogP contribution in [0, 0.1) is 0 Å². The zero-order valence-electron chi connectivity index (χ0n) is 14.2. The van der Waals surface area contributed by atoms with Crippen LogP contribution in [-0.4, -0.2) is 32.8 Å². The van der Waals surface area contributed by atoms with Gasteiger partial charge in [0, 0.05) is 31.7 Å². The Bertz CT molecular complexity index is 698. The molecular weight excluding hydrogens is 358 g/mol. The highest BCUT2D eigenvalue weighted by molar-refractivity contribution is 7.16. The summed E-state index contributed by atoms with van der Waals surface area (Å²) in [6.07, 6.45) is 1.17. The second-order valence-electron chi connectivity index (χ2n) is 6.14. The van der Waals surface area contributed by atoms with Crippen molar-refractivity contribution >= 4 is 28.8 Å². The Morgan fingerprint density at radius 1 is 1.28 bits per heavy atom. The third-order valence-corrected chi connectivity index (χ3v) is 6.07. The van der Waals surface area contributed by atoms with Gasteiger partial charge < -0.3 is 14.8 Å². The zero-order chi connectivity index (χ0) is 17.7. The summed E-state index contributed by atoms with van der Waals surface area (Å²) >= 11 is 7.48. The van der Waals surface area contributed by atoms with Crippen LogP contribution in [0.2, 0.25) is 4.34 Å². The van der Waals surface area contributed by atoms with Gasteiger partial charge in [-0.25, -0.2) is 0 Å². The van der Waals surface area contributed by atoms with Crippen LogP contribution in [0.25, 0.3) is 0 Å². The first kappa shape index (κ1) is 18.4. The standard InChI is InChI=1S/C19H22ClNO3S/c1-23-15(16-7-8-17(20)25-16)13-21-18(22)19(9-11-24-12-10-19)14-5-3-2-4-6-14/h2-8,15H,9-13H2,1H3,(H,21,22). The maximum absolute atomic E-state index is 13.1. The largest absolute Gasteiger partial charge is 0.381 e. The monoisotopic (exact) mass is 379 g/mol. The molecule has 1 N–H and O–H groups in total. The predicted molar refractivity (Wildman–Crippen MR) is 100 cm³/mol. The minimum atomic E-state index is -0.537. The molecular formula is C19H22ClNO3S. The number of carbonyl (C=O) groups excluding carboxylic acids is 1. The number of carbonyl (C=O) groups is 1. The van der Waals surface area contributed by atoms with E-state index < -0.39 is 5.41 Å². The van der Waals surface area contributed by atoms with Crippen molar-refractivity contribution in [1.29, 1.82) is 0 Å². The average Bonchev–Trinajstić information content (AvgIpc) is 3.09. The van der Waals surface area contributed by atoms with E-state index in [1.807, 2.05) is 42.5 Å². The Hall–Kier alpha value is -1.40. The predicted octanol–water partition coefficient (Wildman–Crippen LogP) is 3.95.